The fourth-order valence-corrected chi connectivity index (χ4v) is 8.72. The number of benzene rings is 2. The van der Waals surface area contributed by atoms with Crippen molar-refractivity contribution in [3.05, 3.63) is 90.3 Å². The Morgan fingerprint density at radius 3 is 2.30 bits per heavy atom. The molecule has 3 atom stereocenters. The minimum atomic E-state index is -0.868. The average molecular weight is 918 g/mol. The number of likely N-dealkylation sites (tertiary alicyclic amines) is 1. The second-order valence-corrected chi connectivity index (χ2v) is 18.3. The Morgan fingerprint density at radius 1 is 1.01 bits per heavy atom. The van der Waals surface area contributed by atoms with Crippen LogP contribution in [0.1, 0.15) is 83.2 Å². The summed E-state index contributed by atoms with van der Waals surface area (Å²) in [4.78, 5) is 68.1. The van der Waals surface area contributed by atoms with E-state index in [-0.39, 0.29) is 36.9 Å². The van der Waals surface area contributed by atoms with Gasteiger partial charge in [0.15, 0.2) is 0 Å². The molecule has 0 aliphatic carbocycles. The van der Waals surface area contributed by atoms with Gasteiger partial charge in [-0.15, -0.1) is 6.42 Å². The van der Waals surface area contributed by atoms with Crippen LogP contribution in [0, 0.1) is 23.7 Å². The molecule has 6 rings (SSSR count). The molecular weight excluding hydrogens is 847 g/mol. The van der Waals surface area contributed by atoms with Crippen molar-refractivity contribution in [2.24, 2.45) is 11.3 Å². The summed E-state index contributed by atoms with van der Waals surface area (Å²) < 4.78 is 13.2. The Bertz CT molecular complexity index is 2320. The molecule has 2 fully saturated rings. The maximum Gasteiger partial charge on any atom is 0.293 e. The van der Waals surface area contributed by atoms with Crippen LogP contribution in [0.5, 0.6) is 0 Å². The number of carbonyl (C=O) groups excluding carboxylic acids is 5. The maximum atomic E-state index is 14.0. The first kappa shape index (κ1) is 53.5. The molecule has 2 aliphatic heterocycles. The molecule has 2 aromatic heterocycles. The van der Waals surface area contributed by atoms with Crippen molar-refractivity contribution >= 4 is 41.9 Å². The van der Waals surface area contributed by atoms with Gasteiger partial charge in [-0.1, -0.05) is 70.5 Å². The summed E-state index contributed by atoms with van der Waals surface area (Å²) in [5.74, 6) is 2.08. The molecule has 4 aromatic rings. The van der Waals surface area contributed by atoms with Crippen LogP contribution in [0.15, 0.2) is 73.4 Å². The highest BCUT2D eigenvalue weighted by Gasteiger charge is 2.33. The summed E-state index contributed by atoms with van der Waals surface area (Å²) in [6.07, 6.45) is 15.4. The highest BCUT2D eigenvalue weighted by molar-refractivity contribution is 5.95. The quantitative estimate of drug-likeness (QED) is 0.0583. The molecule has 2 aliphatic rings. The number of terminal acetylenes is 1. The Kier molecular flexibility index (Phi) is 21.0. The molecule has 0 bridgehead atoms. The van der Waals surface area contributed by atoms with Crippen molar-refractivity contribution in [2.45, 2.75) is 97.9 Å². The second kappa shape index (κ2) is 26.3. The van der Waals surface area contributed by atoms with E-state index in [0.29, 0.717) is 45.2 Å². The molecule has 3 unspecified atom stereocenters. The molecule has 2 saturated heterocycles. The van der Waals surface area contributed by atoms with Crippen molar-refractivity contribution in [1.82, 2.24) is 35.1 Å². The molecular formula is C53H71N7O7. The number of methoxy groups -OCH3 is 1. The van der Waals surface area contributed by atoms with Gasteiger partial charge >= 0.3 is 0 Å². The summed E-state index contributed by atoms with van der Waals surface area (Å²) in [5.41, 5.74) is 10.1. The van der Waals surface area contributed by atoms with E-state index in [9.17, 15) is 19.2 Å². The first-order chi connectivity index (χ1) is 32.1. The van der Waals surface area contributed by atoms with Gasteiger partial charge in [-0.05, 0) is 118 Å². The minimum absolute atomic E-state index is 0.167. The zero-order chi connectivity index (χ0) is 49.1. The molecule has 360 valence electrons. The molecule has 0 saturated carbocycles. The number of fused-ring (bicyclic) bond motifs is 1. The van der Waals surface area contributed by atoms with E-state index in [2.05, 4.69) is 77.9 Å². The number of nitrogens with zero attached hydrogens (tertiary/aromatic N) is 5. The third kappa shape index (κ3) is 14.7. The number of amides is 3. The number of rotatable bonds is 19. The normalized spacial score (nSPS) is 15.1. The molecule has 0 spiro atoms. The number of aromatic nitrogens is 2. The van der Waals surface area contributed by atoms with E-state index < -0.39 is 17.5 Å². The summed E-state index contributed by atoms with van der Waals surface area (Å²) in [6, 6.07) is 16.6. The van der Waals surface area contributed by atoms with Gasteiger partial charge in [0, 0.05) is 61.7 Å². The van der Waals surface area contributed by atoms with Gasteiger partial charge in [-0.3, -0.25) is 34.0 Å². The Labute approximate surface area is 397 Å². The minimum Gasteiger partial charge on any atom is -0.467 e. The van der Waals surface area contributed by atoms with Gasteiger partial charge in [-0.2, -0.15) is 0 Å². The van der Waals surface area contributed by atoms with Crippen LogP contribution in [0.25, 0.3) is 33.3 Å². The standard InChI is InChI=1S/C45H56N6O6.C5H11N.C3H4O/c1-9-21-50-39-18-17-34(25-36(39)37(26-45(5,6)27-57-29-53)42(50)35-16-13-19-46-40(35)31(4)56-8)33-15-12-14-32(23-33)24-38(44(55)51-22-11-10-20-47-51)48-43(54)41(30(2)3)49(7)28-52;1-6-4-2-3-5-6;1-2-3-4/h1,12-19,23,25,28-31,38,41,47H,10-11,20-22,24,26-27H2,2-8H3,(H,48,54);2-5H2,1H3;2-3H,1H2. The lowest BCUT2D eigenvalue weighted by Gasteiger charge is -2.33. The van der Waals surface area contributed by atoms with Crippen LogP contribution in [-0.4, -0.2) is 121 Å². The molecule has 3 amide bonds. The zero-order valence-electron chi connectivity index (χ0n) is 40.8. The molecule has 14 heteroatoms. The van der Waals surface area contributed by atoms with Crippen LogP contribution < -0.4 is 10.7 Å². The van der Waals surface area contributed by atoms with Crippen LogP contribution in [0.4, 0.5) is 0 Å². The molecule has 67 heavy (non-hydrogen) atoms. The van der Waals surface area contributed by atoms with Crippen LogP contribution in [0.3, 0.4) is 0 Å². The zero-order valence-corrected chi connectivity index (χ0v) is 40.8. The van der Waals surface area contributed by atoms with Crippen LogP contribution in [-0.2, 0) is 52.8 Å². The largest absolute Gasteiger partial charge is 0.467 e. The van der Waals surface area contributed by atoms with Gasteiger partial charge in [0.25, 0.3) is 12.4 Å². The Balaban J connectivity index is 0.000000874. The number of hydrogen-bond donors (Lipinski definition) is 2. The van der Waals surface area contributed by atoms with Gasteiger partial charge in [0.05, 0.1) is 30.6 Å². The fourth-order valence-electron chi connectivity index (χ4n) is 8.72. The van der Waals surface area contributed by atoms with E-state index in [0.717, 1.165) is 62.9 Å². The molecule has 0 radical (unpaired) electrons. The summed E-state index contributed by atoms with van der Waals surface area (Å²) in [6.45, 7) is 17.8. The van der Waals surface area contributed by atoms with E-state index in [1.165, 1.54) is 36.9 Å². The SMILES string of the molecule is C#CCn1c(-c2cccnc2C(C)OC)c(CC(C)(C)COC=O)c2cc(-c3cccc(CC(NC(=O)C(C(C)C)N(C)C=O)C(=O)N4CCCCN4)c3)ccc21.C=CC=O.CN1CCCC1. The number of carbonyl (C=O) groups is 5. The molecule has 14 nitrogen and oxygen atoms in total. The molecule has 4 heterocycles. The topological polar surface area (TPSA) is 155 Å². The molecule has 2 aromatic carbocycles. The Hall–Kier alpha value is -6.14. The van der Waals surface area contributed by atoms with Gasteiger partial charge in [-0.25, -0.2) is 5.43 Å². The third-order valence-electron chi connectivity index (χ3n) is 12.1. The third-order valence-corrected chi connectivity index (χ3v) is 12.1. The smallest absolute Gasteiger partial charge is 0.293 e. The van der Waals surface area contributed by atoms with Crippen molar-refractivity contribution in [1.29, 1.82) is 0 Å². The van der Waals surface area contributed by atoms with E-state index >= 15 is 0 Å². The first-order valence-electron chi connectivity index (χ1n) is 23.1. The molecule has 2 N–H and O–H groups in total. The maximum absolute atomic E-state index is 14.0. The number of hydrogen-bond acceptors (Lipinski definition) is 10. The second-order valence-electron chi connectivity index (χ2n) is 18.3. The summed E-state index contributed by atoms with van der Waals surface area (Å²) in [5, 5.41) is 5.60. The number of allylic oxidation sites excluding steroid dienone is 1. The number of ether oxygens (including phenoxy) is 2. The van der Waals surface area contributed by atoms with Gasteiger partial charge < -0.3 is 29.2 Å². The monoisotopic (exact) mass is 918 g/mol. The van der Waals surface area contributed by atoms with Crippen molar-refractivity contribution in [2.75, 3.05) is 54.0 Å². The highest BCUT2D eigenvalue weighted by Crippen LogP contribution is 2.41. The van der Waals surface area contributed by atoms with Gasteiger partial charge in [0.1, 0.15) is 18.4 Å². The number of likely N-dealkylation sites (N-methyl/N-ethyl adjacent to an activating group) is 1. The highest BCUT2D eigenvalue weighted by atomic mass is 16.5. The lowest BCUT2D eigenvalue weighted by atomic mass is 9.84. The number of pyridine rings is 1. The van der Waals surface area contributed by atoms with Crippen molar-refractivity contribution in [3.63, 3.8) is 0 Å². The van der Waals surface area contributed by atoms with Crippen molar-refractivity contribution < 1.29 is 33.4 Å². The lowest BCUT2D eigenvalue weighted by Crippen LogP contribution is -2.58. The average Bonchev–Trinajstić information content (AvgIpc) is 3.94. The summed E-state index contributed by atoms with van der Waals surface area (Å²) in [7, 11) is 5.41. The number of nitrogens with one attached hydrogen (secondary N) is 2. The van der Waals surface area contributed by atoms with Crippen LogP contribution in [0.2, 0.25) is 0 Å². The number of hydrazine groups is 1. The van der Waals surface area contributed by atoms with E-state index in [1.54, 1.807) is 25.4 Å². The van der Waals surface area contributed by atoms with E-state index in [1.807, 2.05) is 51.1 Å². The predicted octanol–water partition coefficient (Wildman–Crippen LogP) is 6.80. The predicted molar refractivity (Wildman–Crippen MR) is 264 cm³/mol. The van der Waals surface area contributed by atoms with Crippen molar-refractivity contribution in [3.8, 4) is 34.7 Å². The van der Waals surface area contributed by atoms with Crippen LogP contribution >= 0.6 is 0 Å². The van der Waals surface area contributed by atoms with Gasteiger partial charge in [0.2, 0.25) is 12.3 Å². The summed E-state index contributed by atoms with van der Waals surface area (Å²) >= 11 is 0. The number of aldehydes is 1. The van der Waals surface area contributed by atoms with E-state index in [4.69, 9.17) is 25.7 Å². The lowest BCUT2D eigenvalue weighted by molar-refractivity contribution is -0.142. The Morgan fingerprint density at radius 2 is 1.72 bits per heavy atom. The first-order valence-corrected chi connectivity index (χ1v) is 23.1. The fraction of sp³-hybridized carbons (Fsp3) is 0.472.